The number of hydrogen-bond donors (Lipinski definition) is 0. The topological polar surface area (TPSA) is 16.3 Å². The minimum absolute atomic E-state index is 0.946. The van der Waals surface area contributed by atoms with Gasteiger partial charge in [-0.05, 0) is 51.5 Å². The molecule has 144 valence electrons. The lowest BCUT2D eigenvalue weighted by atomic mass is 10.1. The molecule has 0 spiro atoms. The second-order valence-corrected chi connectivity index (χ2v) is 8.53. The molecule has 0 amide bonds. The predicted molar refractivity (Wildman–Crippen MR) is 117 cm³/mol. The Labute approximate surface area is 166 Å². The molecule has 5 rings (SSSR count). The summed E-state index contributed by atoms with van der Waals surface area (Å²) in [5, 5.41) is 2.80. The van der Waals surface area contributed by atoms with Crippen molar-refractivity contribution in [2.75, 3.05) is 28.2 Å². The highest BCUT2D eigenvalue weighted by Crippen LogP contribution is 2.36. The van der Waals surface area contributed by atoms with Crippen LogP contribution in [-0.4, -0.2) is 47.1 Å². The molecule has 1 aliphatic rings. The normalized spacial score (nSPS) is 13.6. The van der Waals surface area contributed by atoms with Crippen molar-refractivity contribution in [3.05, 3.63) is 71.0 Å². The van der Waals surface area contributed by atoms with Crippen molar-refractivity contribution >= 4 is 21.8 Å². The Morgan fingerprint density at radius 3 is 1.43 bits per heavy atom. The molecule has 1 aliphatic heterocycles. The molecule has 0 saturated heterocycles. The maximum absolute atomic E-state index is 2.56. The van der Waals surface area contributed by atoms with Crippen LogP contribution in [0.25, 0.3) is 21.8 Å². The number of para-hydroxylation sites is 2. The molecule has 2 aromatic carbocycles. The van der Waals surface area contributed by atoms with Gasteiger partial charge in [0.05, 0.1) is 13.1 Å². The third-order valence-corrected chi connectivity index (χ3v) is 5.95. The predicted octanol–water partition coefficient (Wildman–Crippen LogP) is 4.13. The quantitative estimate of drug-likeness (QED) is 0.472. The zero-order chi connectivity index (χ0) is 19.4. The second-order valence-electron chi connectivity index (χ2n) is 8.53. The van der Waals surface area contributed by atoms with Crippen molar-refractivity contribution in [1.29, 1.82) is 0 Å². The molecule has 4 nitrogen and oxygen atoms in total. The third-order valence-electron chi connectivity index (χ3n) is 5.95. The molecular weight excluding hydrogens is 344 g/mol. The van der Waals surface area contributed by atoms with E-state index in [9.17, 15) is 0 Å². The van der Waals surface area contributed by atoms with Crippen LogP contribution in [0.5, 0.6) is 0 Å². The minimum atomic E-state index is 0.946. The van der Waals surface area contributed by atoms with Gasteiger partial charge in [0, 0.05) is 46.3 Å². The summed E-state index contributed by atoms with van der Waals surface area (Å²) in [6.45, 7) is 3.84. The number of hydrogen-bond acceptors (Lipinski definition) is 2. The van der Waals surface area contributed by atoms with Crippen molar-refractivity contribution in [2.45, 2.75) is 26.2 Å². The fourth-order valence-corrected chi connectivity index (χ4v) is 4.86. The van der Waals surface area contributed by atoms with Gasteiger partial charge in [-0.2, -0.15) is 0 Å². The Bertz CT molecular complexity index is 1080. The van der Waals surface area contributed by atoms with Gasteiger partial charge in [0.25, 0.3) is 0 Å². The van der Waals surface area contributed by atoms with Crippen LogP contribution in [0, 0.1) is 0 Å². The van der Waals surface area contributed by atoms with E-state index in [-0.39, 0.29) is 0 Å². The van der Waals surface area contributed by atoms with E-state index in [0.29, 0.717) is 0 Å². The van der Waals surface area contributed by atoms with E-state index in [4.69, 9.17) is 0 Å². The zero-order valence-corrected chi connectivity index (χ0v) is 17.2. The zero-order valence-electron chi connectivity index (χ0n) is 17.2. The van der Waals surface area contributed by atoms with Gasteiger partial charge in [-0.25, -0.2) is 0 Å². The van der Waals surface area contributed by atoms with E-state index in [0.717, 1.165) is 26.2 Å². The monoisotopic (exact) mass is 372 g/mol. The second kappa shape index (κ2) is 6.50. The number of aromatic nitrogens is 2. The van der Waals surface area contributed by atoms with Crippen LogP contribution >= 0.6 is 0 Å². The Hall–Kier alpha value is -2.56. The third kappa shape index (κ3) is 2.60. The lowest BCUT2D eigenvalue weighted by molar-refractivity contribution is 0.396. The van der Waals surface area contributed by atoms with Gasteiger partial charge in [-0.3, -0.25) is 0 Å². The molecule has 0 saturated carbocycles. The summed E-state index contributed by atoms with van der Waals surface area (Å²) in [7, 11) is 8.64. The van der Waals surface area contributed by atoms with E-state index >= 15 is 0 Å². The van der Waals surface area contributed by atoms with Crippen LogP contribution in [0.2, 0.25) is 0 Å². The van der Waals surface area contributed by atoms with Gasteiger partial charge < -0.3 is 18.9 Å². The Morgan fingerprint density at radius 1 is 0.643 bits per heavy atom. The van der Waals surface area contributed by atoms with Crippen molar-refractivity contribution in [2.24, 2.45) is 0 Å². The lowest BCUT2D eigenvalue weighted by Crippen LogP contribution is -2.22. The summed E-state index contributed by atoms with van der Waals surface area (Å²) in [6.07, 6.45) is 0. The van der Waals surface area contributed by atoms with Gasteiger partial charge in [0.2, 0.25) is 0 Å². The highest BCUT2D eigenvalue weighted by molar-refractivity contribution is 5.88. The van der Waals surface area contributed by atoms with Crippen molar-refractivity contribution in [1.82, 2.24) is 18.9 Å². The van der Waals surface area contributed by atoms with Gasteiger partial charge in [0.1, 0.15) is 0 Å². The minimum Gasteiger partial charge on any atom is -0.337 e. The molecule has 0 fully saturated rings. The van der Waals surface area contributed by atoms with E-state index in [1.807, 2.05) is 0 Å². The van der Waals surface area contributed by atoms with Crippen LogP contribution in [-0.2, 0) is 26.2 Å². The van der Waals surface area contributed by atoms with Gasteiger partial charge in [-0.15, -0.1) is 0 Å². The Morgan fingerprint density at radius 2 is 1.04 bits per heavy atom. The molecule has 0 radical (unpaired) electrons. The SMILES string of the molecule is CN(C)Cc1c2n(c3ccccc13)Cc1c(CN(C)C)c3ccccc3n1C2. The van der Waals surface area contributed by atoms with Crippen LogP contribution in [0.4, 0.5) is 0 Å². The average molecular weight is 373 g/mol. The first kappa shape index (κ1) is 17.5. The fraction of sp³-hybridized carbons (Fsp3) is 0.333. The molecule has 0 bridgehead atoms. The molecule has 3 heterocycles. The smallest absolute Gasteiger partial charge is 0.0635 e. The summed E-state index contributed by atoms with van der Waals surface area (Å²) in [6, 6.07) is 17.8. The summed E-state index contributed by atoms with van der Waals surface area (Å²) in [5.74, 6) is 0. The Kier molecular flexibility index (Phi) is 4.07. The van der Waals surface area contributed by atoms with Crippen LogP contribution in [0.1, 0.15) is 22.5 Å². The van der Waals surface area contributed by atoms with E-state index in [1.54, 1.807) is 0 Å². The van der Waals surface area contributed by atoms with E-state index in [1.165, 1.54) is 44.3 Å². The van der Waals surface area contributed by atoms with Gasteiger partial charge in [0.15, 0.2) is 0 Å². The molecule has 4 heteroatoms. The van der Waals surface area contributed by atoms with E-state index in [2.05, 4.69) is 95.7 Å². The molecule has 2 aromatic heterocycles. The van der Waals surface area contributed by atoms with E-state index < -0.39 is 0 Å². The first-order valence-corrected chi connectivity index (χ1v) is 10.0. The van der Waals surface area contributed by atoms with Gasteiger partial charge in [-0.1, -0.05) is 36.4 Å². The number of nitrogens with zero attached hydrogens (tertiary/aromatic N) is 4. The molecule has 4 aromatic rings. The fourth-order valence-electron chi connectivity index (χ4n) is 4.86. The molecule has 0 unspecified atom stereocenters. The largest absolute Gasteiger partial charge is 0.337 e. The Balaban J connectivity index is 1.75. The van der Waals surface area contributed by atoms with Crippen LogP contribution in [0.15, 0.2) is 48.5 Å². The average Bonchev–Trinajstić information content (AvgIpc) is 3.14. The summed E-state index contributed by atoms with van der Waals surface area (Å²) in [5.41, 5.74) is 8.58. The maximum Gasteiger partial charge on any atom is 0.0635 e. The van der Waals surface area contributed by atoms with Crippen molar-refractivity contribution < 1.29 is 0 Å². The van der Waals surface area contributed by atoms with Crippen LogP contribution < -0.4 is 0 Å². The highest BCUT2D eigenvalue weighted by Gasteiger charge is 2.27. The molecule has 0 atom stereocenters. The number of benzene rings is 2. The lowest BCUT2D eigenvalue weighted by Gasteiger charge is -2.24. The van der Waals surface area contributed by atoms with Crippen LogP contribution in [0.3, 0.4) is 0 Å². The van der Waals surface area contributed by atoms with Crippen molar-refractivity contribution in [3.8, 4) is 0 Å². The summed E-state index contributed by atoms with van der Waals surface area (Å²) in [4.78, 5) is 4.56. The standard InChI is InChI=1S/C24H28N4/c1-25(2)13-19-17-9-5-7-11-21(17)27-16-24-20(14-26(3)4)18-10-6-8-12-22(18)28(24)15-23(19)27/h5-12H,13-16H2,1-4H3. The van der Waals surface area contributed by atoms with Crippen molar-refractivity contribution in [3.63, 3.8) is 0 Å². The first-order valence-electron chi connectivity index (χ1n) is 10.0. The summed E-state index contributed by atoms with van der Waals surface area (Å²) >= 11 is 0. The summed E-state index contributed by atoms with van der Waals surface area (Å²) < 4.78 is 5.11. The van der Waals surface area contributed by atoms with Gasteiger partial charge >= 0.3 is 0 Å². The highest BCUT2D eigenvalue weighted by atomic mass is 15.1. The number of rotatable bonds is 4. The maximum atomic E-state index is 2.56. The molecular formula is C24H28N4. The molecule has 0 aliphatic carbocycles. The molecule has 0 N–H and O–H groups in total. The first-order chi connectivity index (χ1) is 13.5. The number of fused-ring (bicyclic) bond motifs is 6. The molecule has 28 heavy (non-hydrogen) atoms.